The molecule has 1 aromatic carbocycles. The van der Waals surface area contributed by atoms with Crippen molar-refractivity contribution in [1.29, 1.82) is 0 Å². The van der Waals surface area contributed by atoms with Gasteiger partial charge in [0.1, 0.15) is 5.82 Å². The van der Waals surface area contributed by atoms with Gasteiger partial charge in [-0.3, -0.25) is 5.32 Å². The predicted octanol–water partition coefficient (Wildman–Crippen LogP) is 2.60. The highest BCUT2D eigenvalue weighted by Crippen LogP contribution is 2.15. The SMILES string of the molecule is Cc1cc(NC(=O)NC(C)CCCO)nn1-c1ccc(F)cc1. The first-order valence-electron chi connectivity index (χ1n) is 7.50. The highest BCUT2D eigenvalue weighted by molar-refractivity contribution is 5.88. The quantitative estimate of drug-likeness (QED) is 0.765. The Morgan fingerprint density at radius 3 is 2.74 bits per heavy atom. The summed E-state index contributed by atoms with van der Waals surface area (Å²) in [6.07, 6.45) is 1.34. The van der Waals surface area contributed by atoms with E-state index >= 15 is 0 Å². The molecule has 0 bridgehead atoms. The second kappa shape index (κ2) is 7.73. The summed E-state index contributed by atoms with van der Waals surface area (Å²) in [5.41, 5.74) is 1.54. The number of aliphatic hydroxyl groups is 1. The van der Waals surface area contributed by atoms with Crippen LogP contribution < -0.4 is 10.6 Å². The summed E-state index contributed by atoms with van der Waals surface area (Å²) in [7, 11) is 0. The summed E-state index contributed by atoms with van der Waals surface area (Å²) in [4.78, 5) is 11.9. The number of carbonyl (C=O) groups is 1. The number of halogens is 1. The zero-order valence-electron chi connectivity index (χ0n) is 13.2. The Bertz CT molecular complexity index is 655. The van der Waals surface area contributed by atoms with Crippen LogP contribution in [0.15, 0.2) is 30.3 Å². The van der Waals surface area contributed by atoms with Crippen molar-refractivity contribution in [3.63, 3.8) is 0 Å². The van der Waals surface area contributed by atoms with Gasteiger partial charge in [0, 0.05) is 24.4 Å². The zero-order valence-corrected chi connectivity index (χ0v) is 13.2. The molecule has 2 aromatic rings. The van der Waals surface area contributed by atoms with E-state index in [0.717, 1.165) is 5.69 Å². The fourth-order valence-corrected chi connectivity index (χ4v) is 2.23. The van der Waals surface area contributed by atoms with Crippen LogP contribution in [0.25, 0.3) is 5.69 Å². The third-order valence-electron chi connectivity index (χ3n) is 3.37. The first-order valence-corrected chi connectivity index (χ1v) is 7.50. The predicted molar refractivity (Wildman–Crippen MR) is 86.2 cm³/mol. The lowest BCUT2D eigenvalue weighted by Gasteiger charge is -2.12. The van der Waals surface area contributed by atoms with E-state index in [1.807, 2.05) is 13.8 Å². The van der Waals surface area contributed by atoms with Crippen LogP contribution in [0.4, 0.5) is 15.0 Å². The Hall–Kier alpha value is -2.41. The monoisotopic (exact) mass is 320 g/mol. The fourth-order valence-electron chi connectivity index (χ4n) is 2.23. The molecule has 0 spiro atoms. The number of aryl methyl sites for hydroxylation is 1. The maximum atomic E-state index is 13.0. The molecule has 0 aliphatic heterocycles. The normalized spacial score (nSPS) is 12.0. The van der Waals surface area contributed by atoms with Crippen molar-refractivity contribution >= 4 is 11.8 Å². The lowest BCUT2D eigenvalue weighted by Crippen LogP contribution is -2.36. The highest BCUT2D eigenvalue weighted by Gasteiger charge is 2.11. The molecule has 2 amide bonds. The molecule has 23 heavy (non-hydrogen) atoms. The van der Waals surface area contributed by atoms with Gasteiger partial charge in [0.15, 0.2) is 5.82 Å². The zero-order chi connectivity index (χ0) is 16.8. The van der Waals surface area contributed by atoms with E-state index in [1.54, 1.807) is 22.9 Å². The van der Waals surface area contributed by atoms with Crippen molar-refractivity contribution in [2.24, 2.45) is 0 Å². The van der Waals surface area contributed by atoms with E-state index in [4.69, 9.17) is 5.11 Å². The largest absolute Gasteiger partial charge is 0.396 e. The molecule has 1 unspecified atom stereocenters. The van der Waals surface area contributed by atoms with Crippen LogP contribution in [0.5, 0.6) is 0 Å². The van der Waals surface area contributed by atoms with Crippen LogP contribution in [0.3, 0.4) is 0 Å². The van der Waals surface area contributed by atoms with Crippen molar-refractivity contribution in [1.82, 2.24) is 15.1 Å². The van der Waals surface area contributed by atoms with E-state index < -0.39 is 0 Å². The molecule has 0 saturated carbocycles. The third kappa shape index (κ3) is 4.79. The number of benzene rings is 1. The molecular formula is C16H21FN4O2. The second-order valence-corrected chi connectivity index (χ2v) is 5.42. The molecule has 0 aliphatic carbocycles. The Morgan fingerprint density at radius 2 is 2.09 bits per heavy atom. The number of hydrogen-bond donors (Lipinski definition) is 3. The molecule has 124 valence electrons. The molecule has 6 nitrogen and oxygen atoms in total. The van der Waals surface area contributed by atoms with E-state index in [1.165, 1.54) is 12.1 Å². The van der Waals surface area contributed by atoms with Crippen molar-refractivity contribution in [2.45, 2.75) is 32.7 Å². The number of carbonyl (C=O) groups excluding carboxylic acids is 1. The minimum atomic E-state index is -0.348. The van der Waals surface area contributed by atoms with Crippen molar-refractivity contribution in [3.8, 4) is 5.69 Å². The van der Waals surface area contributed by atoms with Crippen LogP contribution in [-0.4, -0.2) is 33.6 Å². The summed E-state index contributed by atoms with van der Waals surface area (Å²) >= 11 is 0. The molecule has 2 rings (SSSR count). The maximum Gasteiger partial charge on any atom is 0.320 e. The van der Waals surface area contributed by atoms with Crippen LogP contribution >= 0.6 is 0 Å². The van der Waals surface area contributed by atoms with Gasteiger partial charge < -0.3 is 10.4 Å². The fraction of sp³-hybridized carbons (Fsp3) is 0.375. The molecule has 1 heterocycles. The van der Waals surface area contributed by atoms with Crippen molar-refractivity contribution in [2.75, 3.05) is 11.9 Å². The minimum absolute atomic E-state index is 0.0394. The summed E-state index contributed by atoms with van der Waals surface area (Å²) < 4.78 is 14.6. The lowest BCUT2D eigenvalue weighted by atomic mass is 10.2. The summed E-state index contributed by atoms with van der Waals surface area (Å²) in [6.45, 7) is 3.83. The summed E-state index contributed by atoms with van der Waals surface area (Å²) in [6, 6.07) is 7.31. The number of anilines is 1. The van der Waals surface area contributed by atoms with E-state index in [-0.39, 0.29) is 24.5 Å². The first kappa shape index (κ1) is 17.0. The molecule has 1 atom stereocenters. The molecule has 0 radical (unpaired) electrons. The van der Waals surface area contributed by atoms with Crippen LogP contribution in [0.2, 0.25) is 0 Å². The van der Waals surface area contributed by atoms with Crippen molar-refractivity contribution < 1.29 is 14.3 Å². The van der Waals surface area contributed by atoms with Gasteiger partial charge in [0.05, 0.1) is 5.69 Å². The van der Waals surface area contributed by atoms with Gasteiger partial charge in [-0.25, -0.2) is 13.9 Å². The number of amides is 2. The van der Waals surface area contributed by atoms with E-state index in [9.17, 15) is 9.18 Å². The molecule has 0 saturated heterocycles. The number of urea groups is 1. The van der Waals surface area contributed by atoms with Crippen molar-refractivity contribution in [3.05, 3.63) is 41.8 Å². The lowest BCUT2D eigenvalue weighted by molar-refractivity contribution is 0.245. The second-order valence-electron chi connectivity index (χ2n) is 5.42. The average Bonchev–Trinajstić information content (AvgIpc) is 2.86. The Labute approximate surface area is 134 Å². The summed E-state index contributed by atoms with van der Waals surface area (Å²) in [5, 5.41) is 18.5. The Morgan fingerprint density at radius 1 is 1.39 bits per heavy atom. The third-order valence-corrected chi connectivity index (χ3v) is 3.37. The van der Waals surface area contributed by atoms with Gasteiger partial charge in [-0.15, -0.1) is 5.10 Å². The molecule has 3 N–H and O–H groups in total. The molecular weight excluding hydrogens is 299 g/mol. The van der Waals surface area contributed by atoms with Crippen LogP contribution in [0, 0.1) is 12.7 Å². The first-order chi connectivity index (χ1) is 11.0. The number of aromatic nitrogens is 2. The molecule has 0 fully saturated rings. The maximum absolute atomic E-state index is 13.0. The number of hydrogen-bond acceptors (Lipinski definition) is 3. The average molecular weight is 320 g/mol. The van der Waals surface area contributed by atoms with E-state index in [2.05, 4.69) is 15.7 Å². The Balaban J connectivity index is 2.00. The standard InChI is InChI=1S/C16H21FN4O2/c1-11(4-3-9-22)18-16(23)19-15-10-12(2)21(20-15)14-7-5-13(17)6-8-14/h5-8,10-11,22H,3-4,9H2,1-2H3,(H2,18,19,20,23). The summed E-state index contributed by atoms with van der Waals surface area (Å²) in [5.74, 6) is 0.104. The van der Waals surface area contributed by atoms with Crippen LogP contribution in [0.1, 0.15) is 25.5 Å². The topological polar surface area (TPSA) is 79.2 Å². The van der Waals surface area contributed by atoms with Crippen LogP contribution in [-0.2, 0) is 0 Å². The number of nitrogens with zero attached hydrogens (tertiary/aromatic N) is 2. The number of rotatable bonds is 6. The van der Waals surface area contributed by atoms with Gasteiger partial charge in [-0.1, -0.05) is 0 Å². The van der Waals surface area contributed by atoms with Gasteiger partial charge in [-0.2, -0.15) is 0 Å². The van der Waals surface area contributed by atoms with Gasteiger partial charge in [0.2, 0.25) is 0 Å². The van der Waals surface area contributed by atoms with Gasteiger partial charge >= 0.3 is 6.03 Å². The van der Waals surface area contributed by atoms with E-state index in [0.29, 0.717) is 24.3 Å². The smallest absolute Gasteiger partial charge is 0.320 e. The van der Waals surface area contributed by atoms with Gasteiger partial charge in [-0.05, 0) is 51.0 Å². The van der Waals surface area contributed by atoms with Gasteiger partial charge in [0.25, 0.3) is 0 Å². The number of nitrogens with one attached hydrogen (secondary N) is 2. The number of aliphatic hydroxyl groups excluding tert-OH is 1. The molecule has 0 aliphatic rings. The highest BCUT2D eigenvalue weighted by atomic mass is 19.1. The Kier molecular flexibility index (Phi) is 5.70. The molecule has 1 aromatic heterocycles. The minimum Gasteiger partial charge on any atom is -0.396 e. The molecule has 7 heteroatoms.